The highest BCUT2D eigenvalue weighted by molar-refractivity contribution is 7.11. The van der Waals surface area contributed by atoms with Crippen molar-refractivity contribution in [2.45, 2.75) is 32.4 Å². The lowest BCUT2D eigenvalue weighted by Crippen LogP contribution is -2.52. The minimum atomic E-state index is 0.420. The van der Waals surface area contributed by atoms with E-state index in [1.54, 1.807) is 0 Å². The molecule has 1 aliphatic rings. The summed E-state index contributed by atoms with van der Waals surface area (Å²) in [5, 5.41) is 4.89. The van der Waals surface area contributed by atoms with Crippen molar-refractivity contribution >= 4 is 11.3 Å². The predicted molar refractivity (Wildman–Crippen MR) is 88.8 cm³/mol. The van der Waals surface area contributed by atoms with E-state index in [1.165, 1.54) is 15.4 Å². The third kappa shape index (κ3) is 3.70. The molecular weight excluding hydrogens is 278 g/mol. The van der Waals surface area contributed by atoms with Crippen LogP contribution in [0.25, 0.3) is 0 Å². The first-order valence-electron chi connectivity index (χ1n) is 7.66. The second kappa shape index (κ2) is 6.69. The van der Waals surface area contributed by atoms with Gasteiger partial charge in [0.05, 0.1) is 6.04 Å². The first-order chi connectivity index (χ1) is 10.2. The highest BCUT2D eigenvalue weighted by Gasteiger charge is 2.25. The number of rotatable bonds is 4. The SMILES string of the molecule is Cc1cnc(C(C)N2CCNC(Cc3ccccc3)C2)s1. The predicted octanol–water partition coefficient (Wildman–Crippen LogP) is 3.03. The Kier molecular flexibility index (Phi) is 4.68. The molecule has 1 aromatic heterocycles. The molecule has 112 valence electrons. The van der Waals surface area contributed by atoms with Gasteiger partial charge in [0.1, 0.15) is 5.01 Å². The largest absolute Gasteiger partial charge is 0.311 e. The van der Waals surface area contributed by atoms with E-state index in [9.17, 15) is 0 Å². The molecule has 0 radical (unpaired) electrons. The molecule has 0 aliphatic carbocycles. The van der Waals surface area contributed by atoms with Gasteiger partial charge in [0, 0.05) is 36.8 Å². The lowest BCUT2D eigenvalue weighted by molar-refractivity contribution is 0.152. The molecule has 2 heterocycles. The van der Waals surface area contributed by atoms with Crippen molar-refractivity contribution in [3.63, 3.8) is 0 Å². The molecular formula is C17H23N3S. The number of hydrogen-bond acceptors (Lipinski definition) is 4. The molecule has 0 bridgehead atoms. The Morgan fingerprint density at radius 1 is 1.38 bits per heavy atom. The van der Waals surface area contributed by atoms with Crippen LogP contribution in [0.1, 0.15) is 28.4 Å². The number of benzene rings is 1. The summed E-state index contributed by atoms with van der Waals surface area (Å²) in [7, 11) is 0. The third-order valence-corrected chi connectivity index (χ3v) is 5.24. The van der Waals surface area contributed by atoms with E-state index >= 15 is 0 Å². The number of aromatic nitrogens is 1. The number of aryl methyl sites for hydroxylation is 1. The molecule has 4 heteroatoms. The molecule has 1 fully saturated rings. The minimum absolute atomic E-state index is 0.420. The summed E-state index contributed by atoms with van der Waals surface area (Å²) in [5.41, 5.74) is 1.41. The molecule has 2 aromatic rings. The highest BCUT2D eigenvalue weighted by Crippen LogP contribution is 2.25. The summed E-state index contributed by atoms with van der Waals surface area (Å²) in [5.74, 6) is 0. The molecule has 1 aromatic carbocycles. The lowest BCUT2D eigenvalue weighted by Gasteiger charge is -2.37. The fourth-order valence-electron chi connectivity index (χ4n) is 2.96. The fraction of sp³-hybridized carbons (Fsp3) is 0.471. The van der Waals surface area contributed by atoms with Crippen LogP contribution < -0.4 is 5.32 Å². The maximum absolute atomic E-state index is 4.56. The van der Waals surface area contributed by atoms with Gasteiger partial charge in [-0.2, -0.15) is 0 Å². The average Bonchev–Trinajstić information content (AvgIpc) is 2.94. The van der Waals surface area contributed by atoms with Gasteiger partial charge < -0.3 is 5.32 Å². The summed E-state index contributed by atoms with van der Waals surface area (Å²) in [6.45, 7) is 7.67. The van der Waals surface area contributed by atoms with Gasteiger partial charge in [0.2, 0.25) is 0 Å². The van der Waals surface area contributed by atoms with E-state index < -0.39 is 0 Å². The van der Waals surface area contributed by atoms with Crippen LogP contribution in [0, 0.1) is 6.92 Å². The van der Waals surface area contributed by atoms with Crippen molar-refractivity contribution in [1.29, 1.82) is 0 Å². The summed E-state index contributed by atoms with van der Waals surface area (Å²) < 4.78 is 0. The molecule has 1 saturated heterocycles. The van der Waals surface area contributed by atoms with Crippen LogP contribution in [-0.2, 0) is 6.42 Å². The Morgan fingerprint density at radius 2 is 2.19 bits per heavy atom. The second-order valence-corrected chi connectivity index (χ2v) is 7.09. The monoisotopic (exact) mass is 301 g/mol. The summed E-state index contributed by atoms with van der Waals surface area (Å²) in [4.78, 5) is 8.41. The summed E-state index contributed by atoms with van der Waals surface area (Å²) in [6.07, 6.45) is 3.08. The van der Waals surface area contributed by atoms with Crippen molar-refractivity contribution in [2.75, 3.05) is 19.6 Å². The number of piperazine rings is 1. The van der Waals surface area contributed by atoms with Crippen LogP contribution in [0.5, 0.6) is 0 Å². The topological polar surface area (TPSA) is 28.2 Å². The quantitative estimate of drug-likeness (QED) is 0.941. The molecule has 0 spiro atoms. The Bertz CT molecular complexity index is 566. The van der Waals surface area contributed by atoms with Crippen molar-refractivity contribution in [2.24, 2.45) is 0 Å². The van der Waals surface area contributed by atoms with Crippen molar-refractivity contribution < 1.29 is 0 Å². The van der Waals surface area contributed by atoms with Gasteiger partial charge in [-0.15, -0.1) is 11.3 Å². The van der Waals surface area contributed by atoms with E-state index in [0.29, 0.717) is 12.1 Å². The highest BCUT2D eigenvalue weighted by atomic mass is 32.1. The van der Waals surface area contributed by atoms with Gasteiger partial charge in [-0.1, -0.05) is 30.3 Å². The van der Waals surface area contributed by atoms with Gasteiger partial charge in [-0.05, 0) is 25.8 Å². The molecule has 3 rings (SSSR count). The Hall–Kier alpha value is -1.23. The van der Waals surface area contributed by atoms with E-state index in [-0.39, 0.29) is 0 Å². The molecule has 0 saturated carbocycles. The smallest absolute Gasteiger partial charge is 0.110 e. The average molecular weight is 301 g/mol. The van der Waals surface area contributed by atoms with Crippen LogP contribution in [0.2, 0.25) is 0 Å². The molecule has 21 heavy (non-hydrogen) atoms. The fourth-order valence-corrected chi connectivity index (χ4v) is 3.82. The van der Waals surface area contributed by atoms with Gasteiger partial charge in [-0.25, -0.2) is 4.98 Å². The number of hydrogen-bond donors (Lipinski definition) is 1. The van der Waals surface area contributed by atoms with E-state index in [2.05, 4.69) is 59.4 Å². The first-order valence-corrected chi connectivity index (χ1v) is 8.47. The molecule has 0 amide bonds. The van der Waals surface area contributed by atoms with E-state index in [0.717, 1.165) is 26.1 Å². The number of thiazole rings is 1. The van der Waals surface area contributed by atoms with E-state index in [4.69, 9.17) is 0 Å². The van der Waals surface area contributed by atoms with Crippen molar-refractivity contribution in [3.8, 4) is 0 Å². The first kappa shape index (κ1) is 14.7. The minimum Gasteiger partial charge on any atom is -0.311 e. The summed E-state index contributed by atoms with van der Waals surface area (Å²) >= 11 is 1.82. The molecule has 3 nitrogen and oxygen atoms in total. The van der Waals surface area contributed by atoms with Gasteiger partial charge in [0.15, 0.2) is 0 Å². The molecule has 2 atom stereocenters. The normalized spacial score (nSPS) is 21.3. The molecule has 1 N–H and O–H groups in total. The van der Waals surface area contributed by atoms with Gasteiger partial charge in [0.25, 0.3) is 0 Å². The van der Waals surface area contributed by atoms with Crippen molar-refractivity contribution in [3.05, 3.63) is 52.0 Å². The molecule has 1 aliphatic heterocycles. The summed E-state index contributed by atoms with van der Waals surface area (Å²) in [6, 6.07) is 11.7. The Morgan fingerprint density at radius 3 is 2.90 bits per heavy atom. The van der Waals surface area contributed by atoms with Crippen LogP contribution in [0.4, 0.5) is 0 Å². The second-order valence-electron chi connectivity index (χ2n) is 5.82. The van der Waals surface area contributed by atoms with Crippen LogP contribution in [-0.4, -0.2) is 35.6 Å². The zero-order valence-electron chi connectivity index (χ0n) is 12.7. The lowest BCUT2D eigenvalue weighted by atomic mass is 10.0. The zero-order valence-corrected chi connectivity index (χ0v) is 13.6. The Labute approximate surface area is 131 Å². The van der Waals surface area contributed by atoms with Crippen LogP contribution >= 0.6 is 11.3 Å². The Balaban J connectivity index is 1.63. The maximum Gasteiger partial charge on any atom is 0.110 e. The van der Waals surface area contributed by atoms with Crippen molar-refractivity contribution in [1.82, 2.24) is 15.2 Å². The van der Waals surface area contributed by atoms with Crippen LogP contribution in [0.15, 0.2) is 36.5 Å². The number of nitrogens with one attached hydrogen (secondary N) is 1. The van der Waals surface area contributed by atoms with E-state index in [1.807, 2.05) is 17.5 Å². The third-order valence-electron chi connectivity index (χ3n) is 4.16. The van der Waals surface area contributed by atoms with Gasteiger partial charge >= 0.3 is 0 Å². The standard InChI is InChI=1S/C17H23N3S/c1-13-11-19-17(21-13)14(2)20-9-8-18-16(12-20)10-15-6-4-3-5-7-15/h3-7,11,14,16,18H,8-10,12H2,1-2H3. The maximum atomic E-state index is 4.56. The van der Waals surface area contributed by atoms with Crippen LogP contribution in [0.3, 0.4) is 0 Å². The molecule has 2 unspecified atom stereocenters. The van der Waals surface area contributed by atoms with Gasteiger partial charge in [-0.3, -0.25) is 4.90 Å². The zero-order chi connectivity index (χ0) is 14.7. The number of nitrogens with zero attached hydrogens (tertiary/aromatic N) is 2.